The van der Waals surface area contributed by atoms with Crippen LogP contribution < -0.4 is 5.73 Å². The van der Waals surface area contributed by atoms with Crippen molar-refractivity contribution in [1.82, 2.24) is 0 Å². The van der Waals surface area contributed by atoms with Gasteiger partial charge in [0.2, 0.25) is 0 Å². The van der Waals surface area contributed by atoms with Gasteiger partial charge in [-0.05, 0) is 24.3 Å². The first-order chi connectivity index (χ1) is 8.58. The van der Waals surface area contributed by atoms with Crippen molar-refractivity contribution < 1.29 is 5.11 Å². The van der Waals surface area contributed by atoms with Crippen molar-refractivity contribution in [2.75, 3.05) is 5.73 Å². The van der Waals surface area contributed by atoms with E-state index in [1.54, 1.807) is 18.2 Å². The van der Waals surface area contributed by atoms with E-state index in [1.165, 1.54) is 12.3 Å². The number of nitrogens with zero attached hydrogens (tertiary/aromatic N) is 1. The molecule has 18 heavy (non-hydrogen) atoms. The highest BCUT2D eigenvalue weighted by Gasteiger charge is 2.06. The molecule has 0 aromatic heterocycles. The van der Waals surface area contributed by atoms with Crippen LogP contribution in [0.15, 0.2) is 41.4 Å². The predicted octanol–water partition coefficient (Wildman–Crippen LogP) is 4.03. The number of phenols is 1. The Bertz CT molecular complexity index is 612. The van der Waals surface area contributed by atoms with E-state index in [1.807, 2.05) is 12.1 Å². The molecule has 5 heteroatoms. The molecule has 3 nitrogen and oxygen atoms in total. The molecule has 0 aliphatic rings. The van der Waals surface area contributed by atoms with Gasteiger partial charge in [-0.25, -0.2) is 0 Å². The molecule has 0 unspecified atom stereocenters. The maximum Gasteiger partial charge on any atom is 0.143 e. The van der Waals surface area contributed by atoms with Gasteiger partial charge in [0.05, 0.1) is 16.4 Å². The van der Waals surface area contributed by atoms with Gasteiger partial charge in [0, 0.05) is 16.8 Å². The zero-order valence-electron chi connectivity index (χ0n) is 9.27. The molecule has 0 atom stereocenters. The summed E-state index contributed by atoms with van der Waals surface area (Å²) >= 11 is 11.7. The first-order valence-corrected chi connectivity index (χ1v) is 5.90. The standard InChI is InChI=1S/C13H10Cl2N2O/c14-9-5-8(13(18)10(15)6-9)7-17-12-4-2-1-3-11(12)16/h1-7,18H,16H2. The largest absolute Gasteiger partial charge is 0.506 e. The highest BCUT2D eigenvalue weighted by molar-refractivity contribution is 6.36. The Morgan fingerprint density at radius 2 is 1.89 bits per heavy atom. The van der Waals surface area contributed by atoms with Crippen molar-refractivity contribution in [2.45, 2.75) is 0 Å². The van der Waals surface area contributed by atoms with Crippen LogP contribution in [0.2, 0.25) is 10.0 Å². The number of nitrogen functional groups attached to an aromatic ring is 1. The van der Waals surface area contributed by atoms with E-state index in [2.05, 4.69) is 4.99 Å². The summed E-state index contributed by atoms with van der Waals surface area (Å²) in [5.41, 5.74) is 7.37. The van der Waals surface area contributed by atoms with Gasteiger partial charge in [-0.2, -0.15) is 0 Å². The normalized spacial score (nSPS) is 11.0. The summed E-state index contributed by atoms with van der Waals surface area (Å²) in [4.78, 5) is 4.19. The van der Waals surface area contributed by atoms with Gasteiger partial charge in [-0.15, -0.1) is 0 Å². The molecule has 3 N–H and O–H groups in total. The van der Waals surface area contributed by atoms with Crippen LogP contribution >= 0.6 is 23.2 Å². The number of para-hydroxylation sites is 2. The van der Waals surface area contributed by atoms with Crippen molar-refractivity contribution in [3.8, 4) is 5.75 Å². The van der Waals surface area contributed by atoms with Crippen LogP contribution in [0.1, 0.15) is 5.56 Å². The summed E-state index contributed by atoms with van der Waals surface area (Å²) in [6, 6.07) is 10.2. The fourth-order valence-corrected chi connectivity index (χ4v) is 1.94. The van der Waals surface area contributed by atoms with Gasteiger partial charge in [0.15, 0.2) is 0 Å². The Kier molecular flexibility index (Phi) is 3.75. The smallest absolute Gasteiger partial charge is 0.143 e. The third-order valence-corrected chi connectivity index (χ3v) is 2.84. The van der Waals surface area contributed by atoms with E-state index in [0.717, 1.165) is 0 Å². The average Bonchev–Trinajstić information content (AvgIpc) is 2.33. The fourth-order valence-electron chi connectivity index (χ4n) is 1.43. The van der Waals surface area contributed by atoms with Crippen LogP contribution in [-0.4, -0.2) is 11.3 Å². The lowest BCUT2D eigenvalue weighted by Crippen LogP contribution is -1.87. The van der Waals surface area contributed by atoms with Gasteiger partial charge in [0.25, 0.3) is 0 Å². The van der Waals surface area contributed by atoms with Crippen LogP contribution in [0.25, 0.3) is 0 Å². The van der Waals surface area contributed by atoms with Crippen molar-refractivity contribution in [2.24, 2.45) is 4.99 Å². The Labute approximate surface area is 114 Å². The number of hydrogen-bond acceptors (Lipinski definition) is 3. The van der Waals surface area contributed by atoms with E-state index in [9.17, 15) is 5.11 Å². The van der Waals surface area contributed by atoms with Crippen molar-refractivity contribution in [3.63, 3.8) is 0 Å². The molecule has 0 aliphatic heterocycles. The van der Waals surface area contributed by atoms with E-state index in [-0.39, 0.29) is 10.8 Å². The van der Waals surface area contributed by atoms with E-state index in [0.29, 0.717) is 22.0 Å². The fraction of sp³-hybridized carbons (Fsp3) is 0. The van der Waals surface area contributed by atoms with E-state index >= 15 is 0 Å². The molecule has 0 radical (unpaired) electrons. The number of nitrogens with two attached hydrogens (primary N) is 1. The Morgan fingerprint density at radius 3 is 2.61 bits per heavy atom. The topological polar surface area (TPSA) is 58.6 Å². The highest BCUT2D eigenvalue weighted by Crippen LogP contribution is 2.30. The van der Waals surface area contributed by atoms with E-state index in [4.69, 9.17) is 28.9 Å². The molecule has 2 aromatic rings. The molecule has 0 saturated carbocycles. The van der Waals surface area contributed by atoms with Crippen molar-refractivity contribution >= 4 is 40.8 Å². The first-order valence-electron chi connectivity index (χ1n) is 5.14. The number of rotatable bonds is 2. The first kappa shape index (κ1) is 12.7. The van der Waals surface area contributed by atoms with Crippen molar-refractivity contribution in [3.05, 3.63) is 52.0 Å². The van der Waals surface area contributed by atoms with Crippen LogP contribution in [-0.2, 0) is 0 Å². The Morgan fingerprint density at radius 1 is 1.17 bits per heavy atom. The number of anilines is 1. The Hall–Kier alpha value is -1.71. The molecule has 0 fully saturated rings. The molecule has 0 heterocycles. The summed E-state index contributed by atoms with van der Waals surface area (Å²) in [5.74, 6) is -0.0562. The SMILES string of the molecule is Nc1ccccc1N=Cc1cc(Cl)cc(Cl)c1O. The van der Waals surface area contributed by atoms with Gasteiger partial charge < -0.3 is 10.8 Å². The summed E-state index contributed by atoms with van der Waals surface area (Å²) < 4.78 is 0. The highest BCUT2D eigenvalue weighted by atomic mass is 35.5. The minimum atomic E-state index is -0.0562. The number of phenolic OH excluding ortho intramolecular Hbond substituents is 1. The quantitative estimate of drug-likeness (QED) is 0.645. The van der Waals surface area contributed by atoms with Gasteiger partial charge >= 0.3 is 0 Å². The number of halogens is 2. The average molecular weight is 281 g/mol. The zero-order valence-corrected chi connectivity index (χ0v) is 10.8. The summed E-state index contributed by atoms with van der Waals surface area (Å²) in [7, 11) is 0. The van der Waals surface area contributed by atoms with Crippen LogP contribution in [0.5, 0.6) is 5.75 Å². The van der Waals surface area contributed by atoms with Gasteiger partial charge in [-0.1, -0.05) is 35.3 Å². The zero-order chi connectivity index (χ0) is 13.1. The molecule has 0 saturated heterocycles. The molecule has 0 bridgehead atoms. The number of benzene rings is 2. The minimum absolute atomic E-state index is 0.0562. The molecule has 0 amide bonds. The van der Waals surface area contributed by atoms with Crippen molar-refractivity contribution in [1.29, 1.82) is 0 Å². The lowest BCUT2D eigenvalue weighted by atomic mass is 10.2. The maximum atomic E-state index is 9.76. The molecule has 2 aromatic carbocycles. The third-order valence-electron chi connectivity index (χ3n) is 2.34. The predicted molar refractivity (Wildman–Crippen MR) is 76.2 cm³/mol. The van der Waals surface area contributed by atoms with Gasteiger partial charge in [0.1, 0.15) is 5.75 Å². The molecule has 0 aliphatic carbocycles. The minimum Gasteiger partial charge on any atom is -0.506 e. The third kappa shape index (κ3) is 2.75. The van der Waals surface area contributed by atoms with E-state index < -0.39 is 0 Å². The monoisotopic (exact) mass is 280 g/mol. The molecule has 2 rings (SSSR count). The second-order valence-corrected chi connectivity index (χ2v) is 4.49. The summed E-state index contributed by atoms with van der Waals surface area (Å²) in [6.45, 7) is 0. The second-order valence-electron chi connectivity index (χ2n) is 3.64. The summed E-state index contributed by atoms with van der Waals surface area (Å²) in [6.07, 6.45) is 1.47. The molecular formula is C13H10Cl2N2O. The van der Waals surface area contributed by atoms with Gasteiger partial charge in [-0.3, -0.25) is 4.99 Å². The molecular weight excluding hydrogens is 271 g/mol. The Balaban J connectivity index is 2.38. The maximum absolute atomic E-state index is 9.76. The molecule has 0 spiro atoms. The molecule has 92 valence electrons. The van der Waals surface area contributed by atoms with Crippen LogP contribution in [0.4, 0.5) is 11.4 Å². The lowest BCUT2D eigenvalue weighted by molar-refractivity contribution is 0.475. The van der Waals surface area contributed by atoms with Crippen LogP contribution in [0, 0.1) is 0 Å². The number of aliphatic imine (C=N–C) groups is 1. The lowest BCUT2D eigenvalue weighted by Gasteiger charge is -2.03. The van der Waals surface area contributed by atoms with Crippen LogP contribution in [0.3, 0.4) is 0 Å². The summed E-state index contributed by atoms with van der Waals surface area (Å²) in [5, 5.41) is 10.4. The second kappa shape index (κ2) is 5.29. The number of aromatic hydroxyl groups is 1. The number of hydrogen-bond donors (Lipinski definition) is 2.